The summed E-state index contributed by atoms with van der Waals surface area (Å²) >= 11 is 11.8. The third kappa shape index (κ3) is 7.15. The second-order valence-corrected chi connectivity index (χ2v) is 4.80. The molecule has 0 aliphatic heterocycles. The average Bonchev–Trinajstić information content (AvgIpc) is 2.28. The van der Waals surface area contributed by atoms with E-state index >= 15 is 0 Å². The number of hydrogen-bond donors (Lipinski definition) is 1. The Morgan fingerprint density at radius 1 is 1.06 bits per heavy atom. The Balaban J connectivity index is 0.00000256. The molecule has 0 fully saturated rings. The number of rotatable bonds is 7. The molecule has 0 spiro atoms. The summed E-state index contributed by atoms with van der Waals surface area (Å²) < 4.78 is 0. The van der Waals surface area contributed by atoms with Gasteiger partial charge in [-0.05, 0) is 30.7 Å². The molecule has 98 valence electrons. The second-order valence-electron chi connectivity index (χ2n) is 3.99. The number of halogens is 3. The highest BCUT2D eigenvalue weighted by Crippen LogP contribution is 2.22. The molecule has 0 aliphatic carbocycles. The van der Waals surface area contributed by atoms with Crippen LogP contribution in [0.5, 0.6) is 0 Å². The van der Waals surface area contributed by atoms with Crippen LogP contribution in [0.15, 0.2) is 18.2 Å². The van der Waals surface area contributed by atoms with Gasteiger partial charge in [-0.25, -0.2) is 0 Å². The first kappa shape index (κ1) is 17.1. The average molecular weight is 297 g/mol. The molecule has 1 N–H and O–H groups in total. The molecule has 1 aromatic carbocycles. The van der Waals surface area contributed by atoms with Crippen LogP contribution in [0, 0.1) is 0 Å². The maximum atomic E-state index is 5.94. The van der Waals surface area contributed by atoms with Crippen LogP contribution in [0.2, 0.25) is 10.0 Å². The molecular weight excluding hydrogens is 277 g/mol. The third-order valence-electron chi connectivity index (χ3n) is 2.52. The first-order valence-electron chi connectivity index (χ1n) is 5.88. The maximum Gasteiger partial charge on any atom is 0.0595 e. The summed E-state index contributed by atoms with van der Waals surface area (Å²) in [5, 5.41) is 4.66. The van der Waals surface area contributed by atoms with E-state index in [2.05, 4.69) is 12.2 Å². The van der Waals surface area contributed by atoms with Gasteiger partial charge in [0.2, 0.25) is 0 Å². The smallest absolute Gasteiger partial charge is 0.0595 e. The van der Waals surface area contributed by atoms with Gasteiger partial charge in [-0.1, -0.05) is 55.5 Å². The third-order valence-corrected chi connectivity index (χ3v) is 3.26. The van der Waals surface area contributed by atoms with Crippen molar-refractivity contribution in [3.05, 3.63) is 33.8 Å². The van der Waals surface area contributed by atoms with E-state index in [0.29, 0.717) is 10.0 Å². The zero-order valence-corrected chi connectivity index (χ0v) is 12.5. The van der Waals surface area contributed by atoms with Crippen molar-refractivity contribution >= 4 is 35.6 Å². The highest BCUT2D eigenvalue weighted by Gasteiger charge is 1.98. The van der Waals surface area contributed by atoms with Gasteiger partial charge in [0.15, 0.2) is 0 Å². The molecule has 0 bridgehead atoms. The lowest BCUT2D eigenvalue weighted by atomic mass is 10.2. The molecule has 0 aliphatic rings. The predicted octanol–water partition coefficient (Wildman–Crippen LogP) is 5.09. The van der Waals surface area contributed by atoms with Gasteiger partial charge in [0.1, 0.15) is 0 Å². The van der Waals surface area contributed by atoms with Crippen LogP contribution < -0.4 is 5.32 Å². The van der Waals surface area contributed by atoms with E-state index in [9.17, 15) is 0 Å². The molecule has 0 radical (unpaired) electrons. The molecule has 0 amide bonds. The molecule has 1 nitrogen and oxygen atoms in total. The van der Waals surface area contributed by atoms with Crippen LogP contribution in [0.1, 0.15) is 38.2 Å². The van der Waals surface area contributed by atoms with Crippen LogP contribution in [0.25, 0.3) is 0 Å². The van der Waals surface area contributed by atoms with Gasteiger partial charge in [0.05, 0.1) is 10.0 Å². The van der Waals surface area contributed by atoms with E-state index in [1.807, 2.05) is 18.2 Å². The Bertz CT molecular complexity index is 316. The Hall–Kier alpha value is 0.0500. The van der Waals surface area contributed by atoms with Crippen molar-refractivity contribution in [1.29, 1.82) is 0 Å². The van der Waals surface area contributed by atoms with Gasteiger partial charge in [-0.15, -0.1) is 12.4 Å². The lowest BCUT2D eigenvalue weighted by molar-refractivity contribution is 0.598. The lowest BCUT2D eigenvalue weighted by Gasteiger charge is -2.05. The Morgan fingerprint density at radius 2 is 1.82 bits per heavy atom. The largest absolute Gasteiger partial charge is 0.313 e. The first-order chi connectivity index (χ1) is 7.74. The molecular formula is C13H20Cl3N. The van der Waals surface area contributed by atoms with E-state index in [1.165, 1.54) is 31.2 Å². The van der Waals surface area contributed by atoms with E-state index in [0.717, 1.165) is 13.1 Å². The van der Waals surface area contributed by atoms with Crippen LogP contribution in [0.4, 0.5) is 0 Å². The van der Waals surface area contributed by atoms with Crippen LogP contribution in [0.3, 0.4) is 0 Å². The SMILES string of the molecule is CCCCCCNCc1ccc(Cl)c(Cl)c1.Cl. The maximum absolute atomic E-state index is 5.94. The molecule has 0 saturated heterocycles. The van der Waals surface area contributed by atoms with Gasteiger partial charge >= 0.3 is 0 Å². The second kappa shape index (κ2) is 10.0. The predicted molar refractivity (Wildman–Crippen MR) is 79.6 cm³/mol. The van der Waals surface area contributed by atoms with E-state index < -0.39 is 0 Å². The van der Waals surface area contributed by atoms with Gasteiger partial charge in [-0.3, -0.25) is 0 Å². The van der Waals surface area contributed by atoms with Crippen molar-refractivity contribution in [2.24, 2.45) is 0 Å². The minimum Gasteiger partial charge on any atom is -0.313 e. The van der Waals surface area contributed by atoms with Crippen molar-refractivity contribution in [2.75, 3.05) is 6.54 Å². The molecule has 0 heterocycles. The summed E-state index contributed by atoms with van der Waals surface area (Å²) in [5.74, 6) is 0. The van der Waals surface area contributed by atoms with Crippen molar-refractivity contribution < 1.29 is 0 Å². The van der Waals surface area contributed by atoms with Crippen molar-refractivity contribution in [3.8, 4) is 0 Å². The highest BCUT2D eigenvalue weighted by molar-refractivity contribution is 6.42. The zero-order valence-electron chi connectivity index (χ0n) is 10.1. The zero-order chi connectivity index (χ0) is 11.8. The van der Waals surface area contributed by atoms with Gasteiger partial charge < -0.3 is 5.32 Å². The van der Waals surface area contributed by atoms with E-state index in [1.54, 1.807) is 0 Å². The summed E-state index contributed by atoms with van der Waals surface area (Å²) in [6, 6.07) is 5.77. The first-order valence-corrected chi connectivity index (χ1v) is 6.64. The summed E-state index contributed by atoms with van der Waals surface area (Å²) in [7, 11) is 0. The number of hydrogen-bond acceptors (Lipinski definition) is 1. The van der Waals surface area contributed by atoms with Crippen LogP contribution >= 0.6 is 35.6 Å². The summed E-state index contributed by atoms with van der Waals surface area (Å²) in [4.78, 5) is 0. The molecule has 0 atom stereocenters. The summed E-state index contributed by atoms with van der Waals surface area (Å²) in [5.41, 5.74) is 1.19. The minimum atomic E-state index is 0. The van der Waals surface area contributed by atoms with Crippen molar-refractivity contribution in [2.45, 2.75) is 39.2 Å². The Morgan fingerprint density at radius 3 is 2.47 bits per heavy atom. The minimum absolute atomic E-state index is 0. The fraction of sp³-hybridized carbons (Fsp3) is 0.538. The van der Waals surface area contributed by atoms with E-state index in [4.69, 9.17) is 23.2 Å². The number of unbranched alkanes of at least 4 members (excludes halogenated alkanes) is 3. The Kier molecular flexibility index (Phi) is 10.0. The Labute approximate surface area is 120 Å². The number of benzene rings is 1. The van der Waals surface area contributed by atoms with Gasteiger partial charge in [0.25, 0.3) is 0 Å². The van der Waals surface area contributed by atoms with Crippen molar-refractivity contribution in [1.82, 2.24) is 5.32 Å². The molecule has 0 saturated carbocycles. The summed E-state index contributed by atoms with van der Waals surface area (Å²) in [6.45, 7) is 4.16. The normalized spacial score (nSPS) is 10.1. The number of nitrogens with one attached hydrogen (secondary N) is 1. The summed E-state index contributed by atoms with van der Waals surface area (Å²) in [6.07, 6.45) is 5.17. The van der Waals surface area contributed by atoms with Crippen LogP contribution in [-0.4, -0.2) is 6.54 Å². The van der Waals surface area contributed by atoms with Gasteiger partial charge in [-0.2, -0.15) is 0 Å². The molecule has 4 heteroatoms. The van der Waals surface area contributed by atoms with Crippen LogP contribution in [-0.2, 0) is 6.54 Å². The molecule has 17 heavy (non-hydrogen) atoms. The lowest BCUT2D eigenvalue weighted by Crippen LogP contribution is -2.14. The molecule has 1 aromatic rings. The monoisotopic (exact) mass is 295 g/mol. The van der Waals surface area contributed by atoms with Crippen molar-refractivity contribution in [3.63, 3.8) is 0 Å². The topological polar surface area (TPSA) is 12.0 Å². The quantitative estimate of drug-likeness (QED) is 0.691. The highest BCUT2D eigenvalue weighted by atomic mass is 35.5. The standard InChI is InChI=1S/C13H19Cl2N.ClH/c1-2-3-4-5-8-16-10-11-6-7-12(14)13(15)9-11;/h6-7,9,16H,2-5,8,10H2,1H3;1H. The fourth-order valence-electron chi connectivity index (χ4n) is 1.56. The van der Waals surface area contributed by atoms with Gasteiger partial charge in [0, 0.05) is 6.54 Å². The van der Waals surface area contributed by atoms with E-state index in [-0.39, 0.29) is 12.4 Å². The molecule has 1 rings (SSSR count). The fourth-order valence-corrected chi connectivity index (χ4v) is 1.88. The molecule has 0 aromatic heterocycles. The molecule has 0 unspecified atom stereocenters.